The second kappa shape index (κ2) is 6.07. The molecule has 0 aromatic carbocycles. The molecule has 1 atom stereocenters. The minimum atomic E-state index is -1.60. The third-order valence-corrected chi connectivity index (χ3v) is 3.08. The van der Waals surface area contributed by atoms with Crippen LogP contribution < -0.4 is 0 Å². The summed E-state index contributed by atoms with van der Waals surface area (Å²) >= 11 is 0. The average Bonchev–Trinajstić information content (AvgIpc) is 2.80. The Bertz CT molecular complexity index is 318. The zero-order valence-corrected chi connectivity index (χ0v) is 11.0. The van der Waals surface area contributed by atoms with E-state index in [1.165, 1.54) is 0 Å². The van der Waals surface area contributed by atoms with Crippen molar-refractivity contribution in [1.82, 2.24) is 0 Å². The highest BCUT2D eigenvalue weighted by atomic mass is 16.5. The Morgan fingerprint density at radius 1 is 1.47 bits per heavy atom. The molecule has 0 heterocycles. The van der Waals surface area contributed by atoms with E-state index >= 15 is 0 Å². The molecule has 0 saturated heterocycles. The molecule has 3 nitrogen and oxygen atoms in total. The van der Waals surface area contributed by atoms with Crippen LogP contribution in [0.4, 0.5) is 0 Å². The largest absolute Gasteiger partial charge is 0.463 e. The molecule has 0 amide bonds. The molecular weight excluding hydrogens is 216 g/mol. The fourth-order valence-corrected chi connectivity index (χ4v) is 2.16. The van der Waals surface area contributed by atoms with E-state index in [0.717, 1.165) is 25.7 Å². The monoisotopic (exact) mass is 238 g/mol. The van der Waals surface area contributed by atoms with Crippen LogP contribution in [0.25, 0.3) is 0 Å². The highest BCUT2D eigenvalue weighted by Crippen LogP contribution is 2.34. The smallest absolute Gasteiger partial charge is 0.351 e. The summed E-state index contributed by atoms with van der Waals surface area (Å²) in [6, 6.07) is 0. The average molecular weight is 238 g/mol. The summed E-state index contributed by atoms with van der Waals surface area (Å²) in [7, 11) is 0. The first-order valence-electron chi connectivity index (χ1n) is 6.43. The van der Waals surface area contributed by atoms with Crippen LogP contribution in [-0.4, -0.2) is 23.3 Å². The van der Waals surface area contributed by atoms with Crippen molar-refractivity contribution in [3.8, 4) is 11.8 Å². The van der Waals surface area contributed by atoms with Crippen LogP contribution in [0, 0.1) is 23.7 Å². The van der Waals surface area contributed by atoms with Crippen LogP contribution in [0.1, 0.15) is 46.5 Å². The van der Waals surface area contributed by atoms with Crippen LogP contribution in [0.3, 0.4) is 0 Å². The van der Waals surface area contributed by atoms with Crippen molar-refractivity contribution in [2.24, 2.45) is 11.8 Å². The lowest BCUT2D eigenvalue weighted by molar-refractivity contribution is -0.163. The number of hydrogen-bond donors (Lipinski definition) is 1. The first kappa shape index (κ1) is 14.1. The summed E-state index contributed by atoms with van der Waals surface area (Å²) in [5, 5.41) is 10.5. The molecule has 0 bridgehead atoms. The van der Waals surface area contributed by atoms with Gasteiger partial charge >= 0.3 is 5.97 Å². The van der Waals surface area contributed by atoms with Crippen LogP contribution in [0.2, 0.25) is 0 Å². The molecule has 0 spiro atoms. The summed E-state index contributed by atoms with van der Waals surface area (Å²) < 4.78 is 4.96. The lowest BCUT2D eigenvalue weighted by Gasteiger charge is -2.26. The number of carbonyl (C=O) groups excluding carboxylic acids is 1. The predicted octanol–water partition coefficient (Wildman–Crippen LogP) is 2.13. The van der Waals surface area contributed by atoms with Gasteiger partial charge in [0.25, 0.3) is 0 Å². The Balaban J connectivity index is 2.91. The fraction of sp³-hybridized carbons (Fsp3) is 0.786. The molecule has 0 aromatic heterocycles. The molecule has 1 fully saturated rings. The summed E-state index contributed by atoms with van der Waals surface area (Å²) in [5.41, 5.74) is -1.60. The van der Waals surface area contributed by atoms with Crippen molar-refractivity contribution in [3.05, 3.63) is 0 Å². The summed E-state index contributed by atoms with van der Waals surface area (Å²) in [6.07, 6.45) is 3.80. The second-order valence-electron chi connectivity index (χ2n) is 4.89. The lowest BCUT2D eigenvalue weighted by Crippen LogP contribution is -2.45. The van der Waals surface area contributed by atoms with Crippen molar-refractivity contribution in [1.29, 1.82) is 0 Å². The summed E-state index contributed by atoms with van der Waals surface area (Å²) in [4.78, 5) is 11.9. The molecule has 0 aromatic rings. The highest BCUT2D eigenvalue weighted by Gasteiger charge is 2.45. The minimum absolute atomic E-state index is 0.0761. The van der Waals surface area contributed by atoms with Crippen LogP contribution >= 0.6 is 0 Å². The van der Waals surface area contributed by atoms with E-state index in [1.807, 2.05) is 13.8 Å². The Hall–Kier alpha value is -1.01. The van der Waals surface area contributed by atoms with E-state index in [-0.39, 0.29) is 18.4 Å². The number of rotatable bonds is 3. The van der Waals surface area contributed by atoms with E-state index in [0.29, 0.717) is 0 Å². The van der Waals surface area contributed by atoms with Crippen molar-refractivity contribution < 1.29 is 14.6 Å². The van der Waals surface area contributed by atoms with E-state index in [2.05, 4.69) is 11.8 Å². The highest BCUT2D eigenvalue weighted by molar-refractivity contribution is 5.84. The predicted molar refractivity (Wildman–Crippen MR) is 66.2 cm³/mol. The SMILES string of the molecule is CCOC(=O)[C@](O)(C#CC(C)C)C1CCCC1. The van der Waals surface area contributed by atoms with Gasteiger partial charge in [-0.25, -0.2) is 4.79 Å². The molecule has 1 rings (SSSR count). The third-order valence-electron chi connectivity index (χ3n) is 3.08. The Kier molecular flexibility index (Phi) is 5.02. The number of aliphatic hydroxyl groups is 1. The molecule has 17 heavy (non-hydrogen) atoms. The normalized spacial score (nSPS) is 19.6. The van der Waals surface area contributed by atoms with E-state index in [4.69, 9.17) is 4.74 Å². The molecule has 1 N–H and O–H groups in total. The van der Waals surface area contributed by atoms with E-state index < -0.39 is 11.6 Å². The van der Waals surface area contributed by atoms with Crippen molar-refractivity contribution in [2.45, 2.75) is 52.1 Å². The zero-order valence-electron chi connectivity index (χ0n) is 11.0. The first-order valence-corrected chi connectivity index (χ1v) is 6.43. The Labute approximate surface area is 104 Å². The van der Waals surface area contributed by atoms with Crippen LogP contribution in [0.5, 0.6) is 0 Å². The molecule has 1 aliphatic carbocycles. The number of esters is 1. The molecule has 96 valence electrons. The number of carbonyl (C=O) groups is 1. The van der Waals surface area contributed by atoms with Gasteiger partial charge in [-0.3, -0.25) is 0 Å². The molecule has 0 unspecified atom stereocenters. The standard InChI is InChI=1S/C14H22O3/c1-4-17-13(15)14(16,10-9-11(2)3)12-7-5-6-8-12/h11-12,16H,4-8H2,1-3H3/t14-/m0/s1. The van der Waals surface area contributed by atoms with Gasteiger partial charge in [-0.2, -0.15) is 0 Å². The summed E-state index contributed by atoms with van der Waals surface area (Å²) in [6.45, 7) is 5.89. The second-order valence-corrected chi connectivity index (χ2v) is 4.89. The van der Waals surface area contributed by atoms with Gasteiger partial charge in [0.1, 0.15) is 0 Å². The minimum Gasteiger partial charge on any atom is -0.463 e. The van der Waals surface area contributed by atoms with Gasteiger partial charge in [-0.1, -0.05) is 38.5 Å². The van der Waals surface area contributed by atoms with Gasteiger partial charge in [0.2, 0.25) is 5.60 Å². The maximum Gasteiger partial charge on any atom is 0.351 e. The van der Waals surface area contributed by atoms with Gasteiger partial charge in [0, 0.05) is 11.8 Å². The van der Waals surface area contributed by atoms with Crippen LogP contribution in [0.15, 0.2) is 0 Å². The summed E-state index contributed by atoms with van der Waals surface area (Å²) in [5.74, 6) is 5.13. The molecule has 3 heteroatoms. The molecule has 0 aliphatic heterocycles. The van der Waals surface area contributed by atoms with Gasteiger partial charge in [0.15, 0.2) is 0 Å². The lowest BCUT2D eigenvalue weighted by atomic mass is 9.86. The van der Waals surface area contributed by atoms with Crippen LogP contribution in [-0.2, 0) is 9.53 Å². The maximum atomic E-state index is 11.9. The maximum absolute atomic E-state index is 11.9. The first-order chi connectivity index (χ1) is 8.00. The Morgan fingerprint density at radius 2 is 2.06 bits per heavy atom. The van der Waals surface area contributed by atoms with E-state index in [1.54, 1.807) is 6.92 Å². The van der Waals surface area contributed by atoms with Gasteiger partial charge < -0.3 is 9.84 Å². The van der Waals surface area contributed by atoms with Crippen molar-refractivity contribution in [2.75, 3.05) is 6.61 Å². The zero-order chi connectivity index (χ0) is 12.9. The Morgan fingerprint density at radius 3 is 2.53 bits per heavy atom. The van der Waals surface area contributed by atoms with Gasteiger partial charge in [-0.15, -0.1) is 0 Å². The fourth-order valence-electron chi connectivity index (χ4n) is 2.16. The van der Waals surface area contributed by atoms with E-state index in [9.17, 15) is 9.90 Å². The van der Waals surface area contributed by atoms with Gasteiger partial charge in [-0.05, 0) is 19.8 Å². The number of hydrogen-bond acceptors (Lipinski definition) is 3. The molecular formula is C14H22O3. The van der Waals surface area contributed by atoms with Crippen molar-refractivity contribution >= 4 is 5.97 Å². The van der Waals surface area contributed by atoms with Crippen molar-refractivity contribution in [3.63, 3.8) is 0 Å². The topological polar surface area (TPSA) is 46.5 Å². The number of ether oxygens (including phenoxy) is 1. The molecule has 0 radical (unpaired) electrons. The van der Waals surface area contributed by atoms with Gasteiger partial charge in [0.05, 0.1) is 6.61 Å². The molecule has 1 aliphatic rings. The quantitative estimate of drug-likeness (QED) is 0.605. The molecule has 1 saturated carbocycles. The third kappa shape index (κ3) is 3.47.